The summed E-state index contributed by atoms with van der Waals surface area (Å²) in [5.41, 5.74) is 7.51. The van der Waals surface area contributed by atoms with Crippen LogP contribution in [0, 0.1) is 5.92 Å². The molecule has 0 aromatic heterocycles. The average molecular weight is 401 g/mol. The largest absolute Gasteiger partial charge is 0.370 e. The fraction of sp³-hybridized carbons (Fsp3) is 0.588. The van der Waals surface area contributed by atoms with Crippen LogP contribution in [0.2, 0.25) is 0 Å². The Labute approximate surface area is 146 Å². The molecule has 0 bridgehead atoms. The first kappa shape index (κ1) is 18.3. The summed E-state index contributed by atoms with van der Waals surface area (Å²) in [7, 11) is 0. The van der Waals surface area contributed by atoms with Gasteiger partial charge in [-0.15, -0.1) is 24.0 Å². The van der Waals surface area contributed by atoms with Crippen molar-refractivity contribution < 1.29 is 0 Å². The lowest BCUT2D eigenvalue weighted by Crippen LogP contribution is -2.42. The summed E-state index contributed by atoms with van der Waals surface area (Å²) in [5.74, 6) is 2.02. The minimum Gasteiger partial charge on any atom is -0.370 e. The molecular formula is C17H28IN3. The topological polar surface area (TPSA) is 41.6 Å². The fourth-order valence-corrected chi connectivity index (χ4v) is 2.74. The second-order valence-corrected chi connectivity index (χ2v) is 5.88. The van der Waals surface area contributed by atoms with E-state index in [4.69, 9.17) is 5.73 Å². The first-order valence-corrected chi connectivity index (χ1v) is 7.80. The third-order valence-electron chi connectivity index (χ3n) is 4.35. The van der Waals surface area contributed by atoms with E-state index in [2.05, 4.69) is 54.1 Å². The van der Waals surface area contributed by atoms with E-state index in [1.54, 1.807) is 0 Å². The zero-order valence-corrected chi connectivity index (χ0v) is 15.5. The van der Waals surface area contributed by atoms with Crippen molar-refractivity contribution in [3.8, 4) is 0 Å². The highest BCUT2D eigenvalue weighted by Crippen LogP contribution is 2.20. The summed E-state index contributed by atoms with van der Waals surface area (Å²) < 4.78 is 0. The van der Waals surface area contributed by atoms with Gasteiger partial charge in [0.15, 0.2) is 5.96 Å². The fourth-order valence-electron chi connectivity index (χ4n) is 2.74. The minimum atomic E-state index is 0. The molecule has 0 saturated carbocycles. The SMILES string of the molecule is CCC(CN=C(N)N1CCC(C)CC1)c1ccccc1.I. The van der Waals surface area contributed by atoms with E-state index in [1.807, 2.05) is 0 Å². The Balaban J connectivity index is 0.00000220. The molecule has 1 aliphatic heterocycles. The van der Waals surface area contributed by atoms with Gasteiger partial charge in [-0.05, 0) is 30.7 Å². The van der Waals surface area contributed by atoms with Gasteiger partial charge in [0.05, 0.1) is 0 Å². The van der Waals surface area contributed by atoms with Crippen LogP contribution in [-0.4, -0.2) is 30.5 Å². The van der Waals surface area contributed by atoms with Crippen LogP contribution in [0.15, 0.2) is 35.3 Å². The van der Waals surface area contributed by atoms with Gasteiger partial charge < -0.3 is 10.6 Å². The van der Waals surface area contributed by atoms with Crippen molar-refractivity contribution in [3.63, 3.8) is 0 Å². The Morgan fingerprint density at radius 2 is 1.90 bits per heavy atom. The Kier molecular flexibility index (Phi) is 8.07. The van der Waals surface area contributed by atoms with Crippen LogP contribution in [0.3, 0.4) is 0 Å². The van der Waals surface area contributed by atoms with Gasteiger partial charge in [-0.2, -0.15) is 0 Å². The maximum Gasteiger partial charge on any atom is 0.191 e. The first-order chi connectivity index (χ1) is 9.70. The Hall–Kier alpha value is -0.780. The molecule has 2 rings (SSSR count). The van der Waals surface area contributed by atoms with E-state index < -0.39 is 0 Å². The zero-order chi connectivity index (χ0) is 14.4. The van der Waals surface area contributed by atoms with Gasteiger partial charge in [0.25, 0.3) is 0 Å². The van der Waals surface area contributed by atoms with Gasteiger partial charge in [0.2, 0.25) is 0 Å². The predicted molar refractivity (Wildman–Crippen MR) is 101 cm³/mol. The lowest BCUT2D eigenvalue weighted by Gasteiger charge is -2.31. The van der Waals surface area contributed by atoms with Crippen LogP contribution in [0.4, 0.5) is 0 Å². The van der Waals surface area contributed by atoms with Gasteiger partial charge in [-0.25, -0.2) is 0 Å². The van der Waals surface area contributed by atoms with Crippen molar-refractivity contribution in [3.05, 3.63) is 35.9 Å². The van der Waals surface area contributed by atoms with Crippen molar-refractivity contribution in [1.82, 2.24) is 4.90 Å². The molecule has 1 aromatic carbocycles. The standard InChI is InChI=1S/C17H27N3.HI/c1-3-15(16-7-5-4-6-8-16)13-19-17(18)20-11-9-14(2)10-12-20;/h4-8,14-15H,3,9-13H2,1-2H3,(H2,18,19);1H. The molecular weight excluding hydrogens is 373 g/mol. The summed E-state index contributed by atoms with van der Waals surface area (Å²) in [4.78, 5) is 6.87. The number of benzene rings is 1. The summed E-state index contributed by atoms with van der Waals surface area (Å²) >= 11 is 0. The summed E-state index contributed by atoms with van der Waals surface area (Å²) in [6.45, 7) is 7.43. The van der Waals surface area contributed by atoms with Crippen LogP contribution < -0.4 is 5.73 Å². The van der Waals surface area contributed by atoms with Gasteiger partial charge in [-0.1, -0.05) is 44.2 Å². The van der Waals surface area contributed by atoms with Crippen molar-refractivity contribution in [2.75, 3.05) is 19.6 Å². The number of halogens is 1. The number of piperidine rings is 1. The molecule has 1 aliphatic rings. The number of guanidine groups is 1. The highest BCUT2D eigenvalue weighted by atomic mass is 127. The number of aliphatic imine (C=N–C) groups is 1. The second-order valence-electron chi connectivity index (χ2n) is 5.88. The molecule has 0 spiro atoms. The number of rotatable bonds is 4. The van der Waals surface area contributed by atoms with Crippen molar-refractivity contribution in [2.45, 2.75) is 39.0 Å². The summed E-state index contributed by atoms with van der Waals surface area (Å²) in [6, 6.07) is 10.6. The van der Waals surface area contributed by atoms with Crippen molar-refractivity contribution >= 4 is 29.9 Å². The van der Waals surface area contributed by atoms with Crippen LogP contribution in [0.5, 0.6) is 0 Å². The van der Waals surface area contributed by atoms with E-state index in [0.29, 0.717) is 5.92 Å². The Morgan fingerprint density at radius 3 is 2.48 bits per heavy atom. The average Bonchev–Trinajstić information content (AvgIpc) is 2.49. The maximum absolute atomic E-state index is 6.15. The molecule has 21 heavy (non-hydrogen) atoms. The number of likely N-dealkylation sites (tertiary alicyclic amines) is 1. The van der Waals surface area contributed by atoms with E-state index in [0.717, 1.165) is 37.9 Å². The molecule has 3 nitrogen and oxygen atoms in total. The Bertz CT molecular complexity index is 425. The highest BCUT2D eigenvalue weighted by molar-refractivity contribution is 14.0. The smallest absolute Gasteiger partial charge is 0.191 e. The van der Waals surface area contributed by atoms with Crippen LogP contribution >= 0.6 is 24.0 Å². The number of hydrogen-bond acceptors (Lipinski definition) is 1. The molecule has 1 fully saturated rings. The maximum atomic E-state index is 6.15. The van der Waals surface area contributed by atoms with Gasteiger partial charge in [0.1, 0.15) is 0 Å². The van der Waals surface area contributed by atoms with Crippen LogP contribution in [-0.2, 0) is 0 Å². The van der Waals surface area contributed by atoms with E-state index in [-0.39, 0.29) is 24.0 Å². The van der Waals surface area contributed by atoms with Crippen molar-refractivity contribution in [1.29, 1.82) is 0 Å². The first-order valence-electron chi connectivity index (χ1n) is 7.80. The molecule has 1 unspecified atom stereocenters. The third-order valence-corrected chi connectivity index (χ3v) is 4.35. The van der Waals surface area contributed by atoms with Crippen LogP contribution in [0.1, 0.15) is 44.6 Å². The second kappa shape index (κ2) is 9.28. The predicted octanol–water partition coefficient (Wildman–Crippen LogP) is 3.84. The minimum absolute atomic E-state index is 0. The molecule has 1 saturated heterocycles. The Morgan fingerprint density at radius 1 is 1.29 bits per heavy atom. The summed E-state index contributed by atoms with van der Waals surface area (Å²) in [5, 5.41) is 0. The number of nitrogens with zero attached hydrogens (tertiary/aromatic N) is 2. The molecule has 0 aliphatic carbocycles. The normalized spacial score (nSPS) is 18.2. The van der Waals surface area contributed by atoms with Gasteiger partial charge >= 0.3 is 0 Å². The molecule has 1 aromatic rings. The van der Waals surface area contributed by atoms with E-state index in [9.17, 15) is 0 Å². The molecule has 0 amide bonds. The lowest BCUT2D eigenvalue weighted by atomic mass is 9.97. The molecule has 1 heterocycles. The quantitative estimate of drug-likeness (QED) is 0.473. The molecule has 1 atom stereocenters. The van der Waals surface area contributed by atoms with Gasteiger partial charge in [0, 0.05) is 25.6 Å². The molecule has 0 radical (unpaired) electrons. The van der Waals surface area contributed by atoms with Crippen molar-refractivity contribution in [2.24, 2.45) is 16.6 Å². The third kappa shape index (κ3) is 5.49. The zero-order valence-electron chi connectivity index (χ0n) is 13.2. The lowest BCUT2D eigenvalue weighted by molar-refractivity contribution is 0.277. The van der Waals surface area contributed by atoms with Gasteiger partial charge in [-0.3, -0.25) is 4.99 Å². The highest BCUT2D eigenvalue weighted by Gasteiger charge is 2.17. The molecule has 118 valence electrons. The number of nitrogens with two attached hydrogens (primary N) is 1. The van der Waals surface area contributed by atoms with Crippen LogP contribution in [0.25, 0.3) is 0 Å². The number of hydrogen-bond donors (Lipinski definition) is 1. The molecule has 2 N–H and O–H groups in total. The molecule has 4 heteroatoms. The monoisotopic (exact) mass is 401 g/mol. The van der Waals surface area contributed by atoms with E-state index >= 15 is 0 Å². The summed E-state index contributed by atoms with van der Waals surface area (Å²) in [6.07, 6.45) is 3.55. The van der Waals surface area contributed by atoms with E-state index in [1.165, 1.54) is 18.4 Å².